The standard InChI is InChI=1S/C11H15N3OS/c1-7-4-5-16-11(7)8(2)12-6-10-13-9(3)15-14-10/h4-5,8,12H,6H2,1-3H3. The Morgan fingerprint density at radius 3 is 2.88 bits per heavy atom. The third kappa shape index (κ3) is 2.48. The highest BCUT2D eigenvalue weighted by molar-refractivity contribution is 7.10. The van der Waals surface area contributed by atoms with Crippen LogP contribution in [0.4, 0.5) is 0 Å². The molecule has 0 aromatic carbocycles. The van der Waals surface area contributed by atoms with E-state index in [0.717, 1.165) is 0 Å². The van der Waals surface area contributed by atoms with Crippen LogP contribution in [-0.4, -0.2) is 10.1 Å². The molecule has 0 saturated heterocycles. The molecule has 0 saturated carbocycles. The van der Waals surface area contributed by atoms with Crippen LogP contribution >= 0.6 is 11.3 Å². The van der Waals surface area contributed by atoms with E-state index >= 15 is 0 Å². The van der Waals surface area contributed by atoms with Crippen LogP contribution in [0.5, 0.6) is 0 Å². The minimum atomic E-state index is 0.318. The van der Waals surface area contributed by atoms with Gasteiger partial charge in [-0.05, 0) is 30.9 Å². The third-order valence-corrected chi connectivity index (χ3v) is 3.63. The van der Waals surface area contributed by atoms with Crippen molar-refractivity contribution in [3.63, 3.8) is 0 Å². The highest BCUT2D eigenvalue weighted by atomic mass is 32.1. The van der Waals surface area contributed by atoms with E-state index in [-0.39, 0.29) is 0 Å². The molecule has 0 aliphatic rings. The van der Waals surface area contributed by atoms with Gasteiger partial charge in [0.1, 0.15) is 0 Å². The highest BCUT2D eigenvalue weighted by Crippen LogP contribution is 2.23. The molecule has 2 heterocycles. The summed E-state index contributed by atoms with van der Waals surface area (Å²) in [5.41, 5.74) is 1.33. The molecule has 0 bridgehead atoms. The van der Waals surface area contributed by atoms with Crippen molar-refractivity contribution in [2.75, 3.05) is 0 Å². The number of nitrogens with zero attached hydrogens (tertiary/aromatic N) is 2. The molecule has 0 spiro atoms. The van der Waals surface area contributed by atoms with Crippen LogP contribution in [0, 0.1) is 13.8 Å². The Bertz CT molecular complexity index is 463. The van der Waals surface area contributed by atoms with Gasteiger partial charge in [0.15, 0.2) is 5.82 Å². The zero-order chi connectivity index (χ0) is 11.5. The van der Waals surface area contributed by atoms with E-state index < -0.39 is 0 Å². The Labute approximate surface area is 98.7 Å². The molecule has 5 heteroatoms. The summed E-state index contributed by atoms with van der Waals surface area (Å²) < 4.78 is 4.91. The second-order valence-corrected chi connectivity index (χ2v) is 4.75. The fourth-order valence-electron chi connectivity index (χ4n) is 1.58. The zero-order valence-electron chi connectivity index (χ0n) is 9.65. The van der Waals surface area contributed by atoms with Gasteiger partial charge in [0.2, 0.25) is 5.89 Å². The largest absolute Gasteiger partial charge is 0.340 e. The van der Waals surface area contributed by atoms with Crippen molar-refractivity contribution in [3.8, 4) is 0 Å². The fraction of sp³-hybridized carbons (Fsp3) is 0.455. The Kier molecular flexibility index (Phi) is 3.36. The lowest BCUT2D eigenvalue weighted by atomic mass is 10.2. The maximum absolute atomic E-state index is 4.91. The Morgan fingerprint density at radius 1 is 1.50 bits per heavy atom. The average molecular weight is 237 g/mol. The molecule has 0 amide bonds. The molecule has 86 valence electrons. The summed E-state index contributed by atoms with van der Waals surface area (Å²) in [6, 6.07) is 2.45. The number of thiophene rings is 1. The van der Waals surface area contributed by atoms with Gasteiger partial charge in [0.25, 0.3) is 0 Å². The summed E-state index contributed by atoms with van der Waals surface area (Å²) in [7, 11) is 0. The first-order valence-corrected chi connectivity index (χ1v) is 6.11. The fourth-order valence-corrected chi connectivity index (χ4v) is 2.54. The number of aromatic nitrogens is 2. The van der Waals surface area contributed by atoms with Gasteiger partial charge in [0.05, 0.1) is 6.54 Å². The molecule has 2 rings (SSSR count). The minimum Gasteiger partial charge on any atom is -0.340 e. The van der Waals surface area contributed by atoms with E-state index in [1.54, 1.807) is 18.3 Å². The van der Waals surface area contributed by atoms with Crippen LogP contribution < -0.4 is 5.32 Å². The van der Waals surface area contributed by atoms with Gasteiger partial charge in [-0.25, -0.2) is 0 Å². The molecule has 0 aliphatic heterocycles. The molecular weight excluding hydrogens is 222 g/mol. The van der Waals surface area contributed by atoms with Gasteiger partial charge in [-0.1, -0.05) is 5.16 Å². The van der Waals surface area contributed by atoms with Crippen molar-refractivity contribution in [2.45, 2.75) is 33.4 Å². The van der Waals surface area contributed by atoms with Crippen molar-refractivity contribution >= 4 is 11.3 Å². The first kappa shape index (κ1) is 11.3. The number of aryl methyl sites for hydroxylation is 2. The molecule has 1 N–H and O–H groups in total. The number of hydrogen-bond acceptors (Lipinski definition) is 5. The molecule has 16 heavy (non-hydrogen) atoms. The van der Waals surface area contributed by atoms with E-state index in [1.165, 1.54) is 10.4 Å². The summed E-state index contributed by atoms with van der Waals surface area (Å²) in [6.45, 7) is 6.70. The SMILES string of the molecule is Cc1nc(CNC(C)c2sccc2C)no1. The van der Waals surface area contributed by atoms with Crippen molar-refractivity contribution in [3.05, 3.63) is 33.6 Å². The molecule has 0 aliphatic carbocycles. The predicted octanol–water partition coefficient (Wildman–Crippen LogP) is 2.60. The maximum atomic E-state index is 4.91. The van der Waals surface area contributed by atoms with Gasteiger partial charge < -0.3 is 9.84 Å². The Hall–Kier alpha value is -1.20. The quantitative estimate of drug-likeness (QED) is 0.888. The predicted molar refractivity (Wildman–Crippen MR) is 63.3 cm³/mol. The number of nitrogens with one attached hydrogen (secondary N) is 1. The molecular formula is C11H15N3OS. The normalized spacial score (nSPS) is 12.9. The lowest BCUT2D eigenvalue weighted by Gasteiger charge is -2.11. The molecule has 1 unspecified atom stereocenters. The van der Waals surface area contributed by atoms with E-state index in [9.17, 15) is 0 Å². The van der Waals surface area contributed by atoms with Crippen LogP contribution in [0.1, 0.15) is 35.1 Å². The molecule has 0 radical (unpaired) electrons. The maximum Gasteiger partial charge on any atom is 0.223 e. The lowest BCUT2D eigenvalue weighted by molar-refractivity contribution is 0.384. The third-order valence-electron chi connectivity index (χ3n) is 2.43. The summed E-state index contributed by atoms with van der Waals surface area (Å²) in [5, 5.41) is 9.34. The number of rotatable bonds is 4. The zero-order valence-corrected chi connectivity index (χ0v) is 10.5. The van der Waals surface area contributed by atoms with Crippen LogP contribution in [0.25, 0.3) is 0 Å². The van der Waals surface area contributed by atoms with Crippen molar-refractivity contribution in [1.29, 1.82) is 0 Å². The number of hydrogen-bond donors (Lipinski definition) is 1. The monoisotopic (exact) mass is 237 g/mol. The molecule has 0 fully saturated rings. The smallest absolute Gasteiger partial charge is 0.223 e. The molecule has 2 aromatic rings. The summed E-state index contributed by atoms with van der Waals surface area (Å²) in [4.78, 5) is 5.51. The van der Waals surface area contributed by atoms with Crippen LogP contribution in [0.3, 0.4) is 0 Å². The average Bonchev–Trinajstić information content (AvgIpc) is 2.84. The van der Waals surface area contributed by atoms with E-state index in [2.05, 4.69) is 40.8 Å². The minimum absolute atomic E-state index is 0.318. The van der Waals surface area contributed by atoms with Gasteiger partial charge in [-0.15, -0.1) is 11.3 Å². The Morgan fingerprint density at radius 2 is 2.31 bits per heavy atom. The van der Waals surface area contributed by atoms with Gasteiger partial charge in [0, 0.05) is 17.8 Å². The van der Waals surface area contributed by atoms with Crippen LogP contribution in [-0.2, 0) is 6.54 Å². The van der Waals surface area contributed by atoms with Crippen molar-refractivity contribution in [2.24, 2.45) is 0 Å². The van der Waals surface area contributed by atoms with Gasteiger partial charge in [-0.2, -0.15) is 4.98 Å². The van der Waals surface area contributed by atoms with Crippen molar-refractivity contribution < 1.29 is 4.52 Å². The van der Waals surface area contributed by atoms with Gasteiger partial charge >= 0.3 is 0 Å². The molecule has 2 aromatic heterocycles. The first-order chi connectivity index (χ1) is 7.66. The van der Waals surface area contributed by atoms with Gasteiger partial charge in [-0.3, -0.25) is 0 Å². The van der Waals surface area contributed by atoms with Crippen LogP contribution in [0.15, 0.2) is 16.0 Å². The second-order valence-electron chi connectivity index (χ2n) is 3.80. The van der Waals surface area contributed by atoms with E-state index in [4.69, 9.17) is 4.52 Å². The summed E-state index contributed by atoms with van der Waals surface area (Å²) in [5.74, 6) is 1.32. The second kappa shape index (κ2) is 4.76. The first-order valence-electron chi connectivity index (χ1n) is 5.23. The van der Waals surface area contributed by atoms with E-state index in [0.29, 0.717) is 24.3 Å². The van der Waals surface area contributed by atoms with E-state index in [1.807, 2.05) is 0 Å². The van der Waals surface area contributed by atoms with Crippen molar-refractivity contribution in [1.82, 2.24) is 15.5 Å². The lowest BCUT2D eigenvalue weighted by Crippen LogP contribution is -2.18. The Balaban J connectivity index is 1.93. The summed E-state index contributed by atoms with van der Waals surface area (Å²) >= 11 is 1.77. The topological polar surface area (TPSA) is 51.0 Å². The summed E-state index contributed by atoms with van der Waals surface area (Å²) in [6.07, 6.45) is 0. The highest BCUT2D eigenvalue weighted by Gasteiger charge is 2.10. The van der Waals surface area contributed by atoms with Crippen LogP contribution in [0.2, 0.25) is 0 Å². The molecule has 1 atom stereocenters. The molecule has 4 nitrogen and oxygen atoms in total.